The van der Waals surface area contributed by atoms with E-state index < -0.39 is 94.9 Å². The first-order valence-electron chi connectivity index (χ1n) is 15.7. The van der Waals surface area contributed by atoms with Crippen molar-refractivity contribution < 1.29 is 61.9 Å². The van der Waals surface area contributed by atoms with Crippen LogP contribution in [0.4, 0.5) is 0 Å². The largest absolute Gasteiger partial charge is 0.472 e. The minimum Gasteiger partial charge on any atom is -0.472 e. The Morgan fingerprint density at radius 3 is 2.25 bits per heavy atom. The van der Waals surface area contributed by atoms with Gasteiger partial charge in [-0.1, -0.05) is 13.8 Å². The van der Waals surface area contributed by atoms with Crippen LogP contribution in [0, 0.1) is 17.3 Å². The van der Waals surface area contributed by atoms with Crippen molar-refractivity contribution in [2.24, 2.45) is 17.3 Å². The topological polar surface area (TPSA) is 187 Å². The third-order valence-corrected chi connectivity index (χ3v) is 9.74. The average Bonchev–Trinajstić information content (AvgIpc) is 3.60. The quantitative estimate of drug-likeness (QED) is 0.302. The summed E-state index contributed by atoms with van der Waals surface area (Å²) in [7, 11) is 0. The summed E-state index contributed by atoms with van der Waals surface area (Å²) < 4.78 is 42.1. The maximum atomic E-state index is 13.8. The first kappa shape index (κ1) is 35.0. The van der Waals surface area contributed by atoms with Crippen molar-refractivity contribution in [2.75, 3.05) is 6.61 Å². The third kappa shape index (κ3) is 5.74. The van der Waals surface area contributed by atoms with Crippen LogP contribution in [0.1, 0.15) is 82.0 Å². The molecule has 0 amide bonds. The van der Waals surface area contributed by atoms with Crippen molar-refractivity contribution in [3.63, 3.8) is 0 Å². The van der Waals surface area contributed by atoms with E-state index in [0.717, 1.165) is 20.1 Å². The van der Waals surface area contributed by atoms with Gasteiger partial charge in [0, 0.05) is 38.6 Å². The summed E-state index contributed by atoms with van der Waals surface area (Å²) in [6.07, 6.45) is -0.841. The molecule has 14 nitrogen and oxygen atoms in total. The molecule has 3 fully saturated rings. The molecule has 2 aromatic rings. The zero-order chi connectivity index (χ0) is 35.2. The van der Waals surface area contributed by atoms with E-state index in [-0.39, 0.29) is 24.0 Å². The van der Waals surface area contributed by atoms with E-state index in [0.29, 0.717) is 0 Å². The molecule has 260 valence electrons. The third-order valence-electron chi connectivity index (χ3n) is 9.74. The highest BCUT2D eigenvalue weighted by Crippen LogP contribution is 2.69. The molecule has 0 aromatic carbocycles. The maximum Gasteiger partial charge on any atom is 0.341 e. The number of fused-ring (bicyclic) bond motifs is 1. The van der Waals surface area contributed by atoms with Crippen molar-refractivity contribution >= 4 is 29.8 Å². The molecular formula is C34H41NO13. The fourth-order valence-corrected chi connectivity index (χ4v) is 7.76. The SMILES string of the molecule is CC(=O)OCC12C(OC(=O)c3cccnc3)CC3C(OC(=O)C(C)C)C1(OC3(C)C)C(C)(O)CC(OC(C)=O)C2OC(=O)c1ccoc1. The van der Waals surface area contributed by atoms with Gasteiger partial charge in [0.05, 0.1) is 34.5 Å². The van der Waals surface area contributed by atoms with Crippen LogP contribution in [-0.4, -0.2) is 87.8 Å². The number of furan rings is 1. The van der Waals surface area contributed by atoms with E-state index in [9.17, 15) is 29.1 Å². The number of carbonyl (C=O) groups excluding carboxylic acids is 5. The second kappa shape index (κ2) is 12.6. The molecule has 2 bridgehead atoms. The fraction of sp³-hybridized carbons (Fsp3) is 0.588. The van der Waals surface area contributed by atoms with Gasteiger partial charge in [0.25, 0.3) is 0 Å². The van der Waals surface area contributed by atoms with Gasteiger partial charge < -0.3 is 37.9 Å². The van der Waals surface area contributed by atoms with E-state index in [1.165, 1.54) is 37.7 Å². The standard InChI is InChI=1S/C34H41NO13/c1-18(2)28(38)46-26-23-13-25(45-29(39)21-9-8-11-35-15-21)33(17-43-19(3)36)27(47-30(40)22-10-12-42-16-22)24(44-20(4)37)14-32(7,41)34(26,33)48-31(23,5)6/h8-12,15-16,18,23-27,41H,13-14,17H2,1-7H3. The smallest absolute Gasteiger partial charge is 0.341 e. The lowest BCUT2D eigenvalue weighted by Gasteiger charge is -2.65. The Morgan fingerprint density at radius 2 is 1.67 bits per heavy atom. The summed E-state index contributed by atoms with van der Waals surface area (Å²) in [6.45, 7) is 9.81. The summed E-state index contributed by atoms with van der Waals surface area (Å²) in [6, 6.07) is 4.39. The number of hydrogen-bond acceptors (Lipinski definition) is 14. The molecule has 3 heterocycles. The second-order valence-corrected chi connectivity index (χ2v) is 13.7. The number of pyridine rings is 1. The van der Waals surface area contributed by atoms with Gasteiger partial charge in [0.15, 0.2) is 11.7 Å². The molecule has 1 saturated heterocycles. The number of esters is 5. The summed E-state index contributed by atoms with van der Waals surface area (Å²) in [4.78, 5) is 70.0. The monoisotopic (exact) mass is 671 g/mol. The zero-order valence-electron chi connectivity index (χ0n) is 27.9. The molecule has 1 spiro atoms. The van der Waals surface area contributed by atoms with Crippen LogP contribution in [0.25, 0.3) is 0 Å². The first-order chi connectivity index (χ1) is 22.5. The van der Waals surface area contributed by atoms with Crippen LogP contribution in [-0.2, 0) is 42.8 Å². The van der Waals surface area contributed by atoms with Gasteiger partial charge >= 0.3 is 29.8 Å². The van der Waals surface area contributed by atoms with Gasteiger partial charge in [-0.15, -0.1) is 0 Å². The lowest BCUT2D eigenvalue weighted by Crippen LogP contribution is -2.83. The number of aliphatic hydroxyl groups is 1. The minimum absolute atomic E-state index is 0.00126. The molecular weight excluding hydrogens is 630 g/mol. The molecule has 1 aliphatic heterocycles. The predicted octanol–water partition coefficient (Wildman–Crippen LogP) is 3.20. The van der Waals surface area contributed by atoms with Crippen LogP contribution in [0.2, 0.25) is 0 Å². The average molecular weight is 672 g/mol. The first-order valence-corrected chi connectivity index (χ1v) is 15.7. The minimum atomic E-state index is -2.08. The van der Waals surface area contributed by atoms with E-state index in [1.54, 1.807) is 33.8 Å². The predicted molar refractivity (Wildman–Crippen MR) is 162 cm³/mol. The van der Waals surface area contributed by atoms with E-state index >= 15 is 0 Å². The molecule has 2 saturated carbocycles. The Bertz CT molecular complexity index is 1550. The summed E-state index contributed by atoms with van der Waals surface area (Å²) in [5.41, 5.74) is -7.26. The lowest BCUT2D eigenvalue weighted by molar-refractivity contribution is -0.354. The van der Waals surface area contributed by atoms with Gasteiger partial charge in [0.1, 0.15) is 36.6 Å². The Hall–Kier alpha value is -4.30. The summed E-state index contributed by atoms with van der Waals surface area (Å²) in [5, 5.41) is 12.7. The Kier molecular flexibility index (Phi) is 9.21. The highest BCUT2D eigenvalue weighted by atomic mass is 16.6. The highest BCUT2D eigenvalue weighted by molar-refractivity contribution is 5.90. The van der Waals surface area contributed by atoms with Crippen LogP contribution in [0.5, 0.6) is 0 Å². The fourth-order valence-electron chi connectivity index (χ4n) is 7.76. The van der Waals surface area contributed by atoms with Gasteiger partial charge in [-0.25, -0.2) is 9.59 Å². The number of carbonyl (C=O) groups is 5. The summed E-state index contributed by atoms with van der Waals surface area (Å²) >= 11 is 0. The van der Waals surface area contributed by atoms with Gasteiger partial charge in [-0.2, -0.15) is 0 Å². The van der Waals surface area contributed by atoms with Crippen LogP contribution in [0.15, 0.2) is 47.5 Å². The van der Waals surface area contributed by atoms with Crippen molar-refractivity contribution in [2.45, 2.75) is 103 Å². The molecule has 2 aromatic heterocycles. The molecule has 5 rings (SSSR count). The number of ether oxygens (including phenoxy) is 6. The van der Waals surface area contributed by atoms with Gasteiger partial charge in [-0.3, -0.25) is 19.4 Å². The Labute approximate surface area is 277 Å². The Morgan fingerprint density at radius 1 is 0.958 bits per heavy atom. The van der Waals surface area contributed by atoms with Crippen LogP contribution >= 0.6 is 0 Å². The molecule has 14 heteroatoms. The van der Waals surface area contributed by atoms with Crippen molar-refractivity contribution in [3.05, 3.63) is 54.2 Å². The maximum absolute atomic E-state index is 13.8. The summed E-state index contributed by atoms with van der Waals surface area (Å²) in [5.74, 6) is -5.17. The molecule has 3 aliphatic rings. The van der Waals surface area contributed by atoms with Crippen molar-refractivity contribution in [1.82, 2.24) is 4.98 Å². The van der Waals surface area contributed by atoms with E-state index in [1.807, 2.05) is 0 Å². The molecule has 8 atom stereocenters. The molecule has 48 heavy (non-hydrogen) atoms. The van der Waals surface area contributed by atoms with Crippen molar-refractivity contribution in [1.29, 1.82) is 0 Å². The number of rotatable bonds is 9. The van der Waals surface area contributed by atoms with Gasteiger partial charge in [-0.05, 0) is 45.4 Å². The number of aromatic nitrogens is 1. The number of nitrogens with zero attached hydrogens (tertiary/aromatic N) is 1. The van der Waals surface area contributed by atoms with Crippen LogP contribution in [0.3, 0.4) is 0 Å². The molecule has 0 radical (unpaired) electrons. The Balaban J connectivity index is 1.82. The van der Waals surface area contributed by atoms with Gasteiger partial charge in [0.2, 0.25) is 0 Å². The van der Waals surface area contributed by atoms with E-state index in [4.69, 9.17) is 32.8 Å². The zero-order valence-corrected chi connectivity index (χ0v) is 27.9. The second-order valence-electron chi connectivity index (χ2n) is 13.7. The lowest BCUT2D eigenvalue weighted by atomic mass is 9.46. The molecule has 8 unspecified atom stereocenters. The normalized spacial score (nSPS) is 33.2. The van der Waals surface area contributed by atoms with Crippen LogP contribution < -0.4 is 0 Å². The molecule has 1 N–H and O–H groups in total. The molecule has 2 aliphatic carbocycles. The highest BCUT2D eigenvalue weighted by Gasteiger charge is 2.86. The van der Waals surface area contributed by atoms with E-state index in [2.05, 4.69) is 4.98 Å². The van der Waals surface area contributed by atoms with Crippen molar-refractivity contribution in [3.8, 4) is 0 Å². The number of hydrogen-bond donors (Lipinski definition) is 1.